The molecule has 3 N–H and O–H groups in total. The van der Waals surface area contributed by atoms with Crippen LogP contribution in [0.2, 0.25) is 0 Å². The molecule has 0 unspecified atom stereocenters. The number of aromatic amines is 1. The Morgan fingerprint density at radius 2 is 2.25 bits per heavy atom. The van der Waals surface area contributed by atoms with Gasteiger partial charge in [0.25, 0.3) is 5.56 Å². The number of hydrogen-bond donors (Lipinski definition) is 2. The van der Waals surface area contributed by atoms with Gasteiger partial charge in [0.2, 0.25) is 0 Å². The number of fused-ring (bicyclic) bond motifs is 1. The monoisotopic (exact) mass is 220 g/mol. The third kappa shape index (κ3) is 1.58. The molecule has 0 aliphatic heterocycles. The quantitative estimate of drug-likeness (QED) is 0.800. The average Bonchev–Trinajstić information content (AvgIpc) is 2.54. The SMILES string of the molecule is Cc1cc2[nH]nc(N)c2c(=O)n1CC(C)C. The molecule has 2 aromatic heterocycles. The summed E-state index contributed by atoms with van der Waals surface area (Å²) in [6.45, 7) is 6.77. The van der Waals surface area contributed by atoms with Crippen LogP contribution in [0.15, 0.2) is 10.9 Å². The molecule has 2 rings (SSSR count). The summed E-state index contributed by atoms with van der Waals surface area (Å²) in [6.07, 6.45) is 0. The standard InChI is InChI=1S/C11H16N4O/c1-6(2)5-15-7(3)4-8-9(11(15)16)10(12)14-13-8/h4,6H,5H2,1-3H3,(H3,12,13,14). The van der Waals surface area contributed by atoms with Crippen LogP contribution in [0.25, 0.3) is 10.9 Å². The summed E-state index contributed by atoms with van der Waals surface area (Å²) in [5.41, 5.74) is 7.25. The second kappa shape index (κ2) is 3.66. The minimum absolute atomic E-state index is 0.0602. The van der Waals surface area contributed by atoms with Gasteiger partial charge >= 0.3 is 0 Å². The summed E-state index contributed by atoms with van der Waals surface area (Å²) in [5.74, 6) is 0.694. The molecule has 0 saturated heterocycles. The van der Waals surface area contributed by atoms with Gasteiger partial charge in [0.05, 0.1) is 5.52 Å². The van der Waals surface area contributed by atoms with Crippen LogP contribution in [0.5, 0.6) is 0 Å². The Morgan fingerprint density at radius 3 is 2.88 bits per heavy atom. The van der Waals surface area contributed by atoms with E-state index in [-0.39, 0.29) is 11.4 Å². The van der Waals surface area contributed by atoms with Crippen molar-refractivity contribution in [2.24, 2.45) is 5.92 Å². The molecule has 16 heavy (non-hydrogen) atoms. The molecule has 0 fully saturated rings. The molecule has 0 aliphatic rings. The van der Waals surface area contributed by atoms with E-state index in [9.17, 15) is 4.79 Å². The maximum absolute atomic E-state index is 12.2. The number of nitrogens with one attached hydrogen (secondary N) is 1. The van der Waals surface area contributed by atoms with Gasteiger partial charge in [-0.2, -0.15) is 5.10 Å². The van der Waals surface area contributed by atoms with Gasteiger partial charge in [-0.25, -0.2) is 0 Å². The smallest absolute Gasteiger partial charge is 0.264 e. The first-order valence-electron chi connectivity index (χ1n) is 5.34. The zero-order chi connectivity index (χ0) is 11.9. The number of pyridine rings is 1. The second-order valence-corrected chi connectivity index (χ2v) is 4.49. The normalized spacial score (nSPS) is 11.5. The van der Waals surface area contributed by atoms with Crippen LogP contribution < -0.4 is 11.3 Å². The molecule has 0 aromatic carbocycles. The van der Waals surface area contributed by atoms with Crippen LogP contribution in [0.1, 0.15) is 19.5 Å². The summed E-state index contributed by atoms with van der Waals surface area (Å²) in [7, 11) is 0. The Balaban J connectivity index is 2.74. The van der Waals surface area contributed by atoms with Crippen LogP contribution in [0.3, 0.4) is 0 Å². The first kappa shape index (κ1) is 10.7. The molecule has 5 heteroatoms. The lowest BCUT2D eigenvalue weighted by molar-refractivity contribution is 0.505. The second-order valence-electron chi connectivity index (χ2n) is 4.49. The fourth-order valence-electron chi connectivity index (χ4n) is 1.87. The number of rotatable bonds is 2. The third-order valence-electron chi connectivity index (χ3n) is 2.61. The summed E-state index contributed by atoms with van der Waals surface area (Å²) in [6, 6.07) is 1.91. The van der Waals surface area contributed by atoms with Crippen LogP contribution >= 0.6 is 0 Å². The van der Waals surface area contributed by atoms with Crippen molar-refractivity contribution in [3.63, 3.8) is 0 Å². The number of nitrogens with two attached hydrogens (primary N) is 1. The van der Waals surface area contributed by atoms with E-state index >= 15 is 0 Å². The Bertz CT molecular complexity index is 579. The number of hydrogen-bond acceptors (Lipinski definition) is 3. The highest BCUT2D eigenvalue weighted by Crippen LogP contribution is 2.15. The topological polar surface area (TPSA) is 76.7 Å². The number of nitrogens with zero attached hydrogens (tertiary/aromatic N) is 2. The Hall–Kier alpha value is -1.78. The van der Waals surface area contributed by atoms with Crippen molar-refractivity contribution in [1.82, 2.24) is 14.8 Å². The molecule has 86 valence electrons. The lowest BCUT2D eigenvalue weighted by Gasteiger charge is -2.12. The van der Waals surface area contributed by atoms with Gasteiger partial charge in [-0.1, -0.05) is 13.8 Å². The summed E-state index contributed by atoms with van der Waals surface area (Å²) in [5, 5.41) is 7.11. The van der Waals surface area contributed by atoms with E-state index in [1.807, 2.05) is 13.0 Å². The van der Waals surface area contributed by atoms with Crippen LogP contribution in [-0.2, 0) is 6.54 Å². The minimum atomic E-state index is -0.0602. The fraction of sp³-hybridized carbons (Fsp3) is 0.455. The number of H-pyrrole nitrogens is 1. The van der Waals surface area contributed by atoms with Crippen molar-refractivity contribution in [2.45, 2.75) is 27.3 Å². The third-order valence-corrected chi connectivity index (χ3v) is 2.61. The molecule has 0 atom stereocenters. The van der Waals surface area contributed by atoms with Crippen molar-refractivity contribution in [2.75, 3.05) is 5.73 Å². The van der Waals surface area contributed by atoms with E-state index in [2.05, 4.69) is 24.0 Å². The van der Waals surface area contributed by atoms with Gasteiger partial charge in [0.15, 0.2) is 5.82 Å². The van der Waals surface area contributed by atoms with Gasteiger partial charge in [0, 0.05) is 12.2 Å². The van der Waals surface area contributed by atoms with Gasteiger partial charge in [0.1, 0.15) is 5.39 Å². The van der Waals surface area contributed by atoms with Gasteiger partial charge in [-0.3, -0.25) is 9.89 Å². The van der Waals surface area contributed by atoms with Gasteiger partial charge in [-0.15, -0.1) is 0 Å². The fourth-order valence-corrected chi connectivity index (χ4v) is 1.87. The van der Waals surface area contributed by atoms with Gasteiger partial charge in [-0.05, 0) is 18.9 Å². The van der Waals surface area contributed by atoms with Crippen molar-refractivity contribution in [3.05, 3.63) is 22.1 Å². The number of aryl methyl sites for hydroxylation is 1. The molecule has 0 saturated carbocycles. The Morgan fingerprint density at radius 1 is 1.56 bits per heavy atom. The van der Waals surface area contributed by atoms with Crippen molar-refractivity contribution in [1.29, 1.82) is 0 Å². The Kier molecular flexibility index (Phi) is 2.46. The summed E-state index contributed by atoms with van der Waals surface area (Å²) >= 11 is 0. The molecule has 2 aromatic rings. The molecule has 2 heterocycles. The zero-order valence-corrected chi connectivity index (χ0v) is 9.74. The lowest BCUT2D eigenvalue weighted by atomic mass is 10.2. The van der Waals surface area contributed by atoms with Crippen molar-refractivity contribution >= 4 is 16.7 Å². The summed E-state index contributed by atoms with van der Waals surface area (Å²) in [4.78, 5) is 12.2. The highest BCUT2D eigenvalue weighted by molar-refractivity contribution is 5.87. The van der Waals surface area contributed by atoms with Crippen molar-refractivity contribution in [3.8, 4) is 0 Å². The van der Waals surface area contributed by atoms with Crippen molar-refractivity contribution < 1.29 is 0 Å². The first-order chi connectivity index (χ1) is 7.50. The van der Waals surface area contributed by atoms with E-state index in [1.54, 1.807) is 4.57 Å². The van der Waals surface area contributed by atoms with Gasteiger partial charge < -0.3 is 10.3 Å². The maximum atomic E-state index is 12.2. The lowest BCUT2D eigenvalue weighted by Crippen LogP contribution is -2.24. The van der Waals surface area contributed by atoms with Crippen LogP contribution in [0.4, 0.5) is 5.82 Å². The van der Waals surface area contributed by atoms with Crippen LogP contribution in [0, 0.1) is 12.8 Å². The Labute approximate surface area is 93.3 Å². The average molecular weight is 220 g/mol. The van der Waals surface area contributed by atoms with Crippen LogP contribution in [-0.4, -0.2) is 14.8 Å². The van der Waals surface area contributed by atoms with E-state index in [1.165, 1.54) is 0 Å². The highest BCUT2D eigenvalue weighted by Gasteiger charge is 2.12. The molecule has 0 bridgehead atoms. The zero-order valence-electron chi connectivity index (χ0n) is 9.74. The molecule has 0 spiro atoms. The van der Waals surface area contributed by atoms with E-state index in [0.29, 0.717) is 23.4 Å². The molecule has 0 amide bonds. The molecular formula is C11H16N4O. The molecular weight excluding hydrogens is 204 g/mol. The first-order valence-corrected chi connectivity index (χ1v) is 5.34. The minimum Gasteiger partial charge on any atom is -0.382 e. The summed E-state index contributed by atoms with van der Waals surface area (Å²) < 4.78 is 1.75. The highest BCUT2D eigenvalue weighted by atomic mass is 16.1. The van der Waals surface area contributed by atoms with E-state index in [0.717, 1.165) is 5.69 Å². The predicted molar refractivity (Wildman–Crippen MR) is 64.3 cm³/mol. The van der Waals surface area contributed by atoms with E-state index in [4.69, 9.17) is 5.73 Å². The molecule has 5 nitrogen and oxygen atoms in total. The van der Waals surface area contributed by atoms with E-state index < -0.39 is 0 Å². The predicted octanol–water partition coefficient (Wildman–Crippen LogP) is 1.27. The molecule has 0 aliphatic carbocycles. The number of anilines is 1. The molecule has 0 radical (unpaired) electrons. The maximum Gasteiger partial charge on any atom is 0.264 e. The number of nitrogen functional groups attached to an aromatic ring is 1. The number of aromatic nitrogens is 3. The largest absolute Gasteiger partial charge is 0.382 e.